The summed E-state index contributed by atoms with van der Waals surface area (Å²) in [6.45, 7) is 8.46. The Kier molecular flexibility index (Phi) is 4.68. The number of hydrogen-bond acceptors (Lipinski definition) is 4. The Balaban J connectivity index is 1.77. The number of hydrogen-bond donors (Lipinski definition) is 1. The normalized spacial score (nSPS) is 20.0. The van der Waals surface area contributed by atoms with Crippen LogP contribution in [0.1, 0.15) is 12.1 Å². The van der Waals surface area contributed by atoms with Gasteiger partial charge >= 0.3 is 0 Å². The molecule has 0 bridgehead atoms. The van der Waals surface area contributed by atoms with E-state index in [-0.39, 0.29) is 0 Å². The molecule has 0 radical (unpaired) electrons. The predicted octanol–water partition coefficient (Wildman–Crippen LogP) is 3.56. The Hall–Kier alpha value is -2.69. The Morgan fingerprint density at radius 1 is 1.33 bits per heavy atom. The summed E-state index contributed by atoms with van der Waals surface area (Å²) in [6, 6.07) is 8.65. The second-order valence-corrected chi connectivity index (χ2v) is 7.05. The molecule has 0 amide bonds. The van der Waals surface area contributed by atoms with Crippen LogP contribution in [0, 0.1) is 6.57 Å². The van der Waals surface area contributed by atoms with E-state index < -0.39 is 12.2 Å². The molecule has 138 valence electrons. The molecule has 6 nitrogen and oxygen atoms in total. The van der Waals surface area contributed by atoms with Gasteiger partial charge in [-0.3, -0.25) is 4.98 Å². The minimum Gasteiger partial charge on any atom is -0.340 e. The van der Waals surface area contributed by atoms with E-state index in [1.807, 2.05) is 27.7 Å². The topological polar surface area (TPSA) is 64.3 Å². The van der Waals surface area contributed by atoms with Gasteiger partial charge < -0.3 is 15.2 Å². The van der Waals surface area contributed by atoms with Crippen LogP contribution in [0.25, 0.3) is 15.9 Å². The second-order valence-electron chi connectivity index (χ2n) is 6.64. The molecular formula is C19H18ClFN6. The number of anilines is 1. The number of piperidine rings is 1. The number of imidazole rings is 1. The van der Waals surface area contributed by atoms with Gasteiger partial charge in [-0.25, -0.2) is 14.2 Å². The molecule has 1 aliphatic rings. The largest absolute Gasteiger partial charge is 0.340 e. The smallest absolute Gasteiger partial charge is 0.207 e. The molecule has 0 unspecified atom stereocenters. The molecule has 1 saturated heterocycles. The number of para-hydroxylation sites is 1. The zero-order valence-corrected chi connectivity index (χ0v) is 15.3. The van der Waals surface area contributed by atoms with Crippen LogP contribution >= 0.6 is 11.6 Å². The summed E-state index contributed by atoms with van der Waals surface area (Å²) in [7, 11) is 0. The van der Waals surface area contributed by atoms with Crippen molar-refractivity contribution in [2.45, 2.75) is 25.2 Å². The number of nitrogens with two attached hydrogens (primary N) is 1. The highest BCUT2D eigenvalue weighted by Crippen LogP contribution is 2.30. The molecule has 2 aromatic heterocycles. The SMILES string of the molecule is [C-]#[N+]c1ccc(Cn2c(N3CC[C@H](F)[C@H](N)C3)nc3c(Cl)cccc32)nc1. The third-order valence-electron chi connectivity index (χ3n) is 4.82. The van der Waals surface area contributed by atoms with Crippen LogP contribution in [0.5, 0.6) is 0 Å². The molecule has 3 heterocycles. The number of rotatable bonds is 3. The van der Waals surface area contributed by atoms with Crippen molar-refractivity contribution in [2.75, 3.05) is 18.0 Å². The van der Waals surface area contributed by atoms with Crippen molar-refractivity contribution in [3.63, 3.8) is 0 Å². The average molecular weight is 385 g/mol. The van der Waals surface area contributed by atoms with Crippen molar-refractivity contribution < 1.29 is 4.39 Å². The molecule has 2 atom stereocenters. The number of aromatic nitrogens is 3. The van der Waals surface area contributed by atoms with Gasteiger partial charge in [-0.05, 0) is 24.6 Å². The lowest BCUT2D eigenvalue weighted by Gasteiger charge is -2.34. The van der Waals surface area contributed by atoms with E-state index in [1.54, 1.807) is 18.3 Å². The quantitative estimate of drug-likeness (QED) is 0.701. The van der Waals surface area contributed by atoms with E-state index in [0.717, 1.165) is 11.2 Å². The average Bonchev–Trinajstić information content (AvgIpc) is 3.04. The molecule has 0 spiro atoms. The molecule has 0 saturated carbocycles. The van der Waals surface area contributed by atoms with Crippen LogP contribution in [0.15, 0.2) is 36.5 Å². The van der Waals surface area contributed by atoms with Crippen molar-refractivity contribution in [2.24, 2.45) is 5.73 Å². The molecular weight excluding hydrogens is 367 g/mol. The molecule has 0 aliphatic carbocycles. The highest BCUT2D eigenvalue weighted by molar-refractivity contribution is 6.35. The monoisotopic (exact) mass is 384 g/mol. The standard InChI is InChI=1S/C19H18ClFN6/c1-23-12-5-6-13(24-9-12)10-27-17-4-2-3-14(20)18(17)25-19(27)26-8-7-15(21)16(22)11-26/h2-6,9,15-16H,7-8,10-11,22H2/t15-,16+/m0/s1. The fraction of sp³-hybridized carbons (Fsp3) is 0.316. The van der Waals surface area contributed by atoms with Crippen molar-refractivity contribution in [1.82, 2.24) is 14.5 Å². The number of alkyl halides is 1. The Morgan fingerprint density at radius 2 is 2.19 bits per heavy atom. The van der Waals surface area contributed by atoms with Crippen LogP contribution < -0.4 is 10.6 Å². The fourth-order valence-corrected chi connectivity index (χ4v) is 3.58. The summed E-state index contributed by atoms with van der Waals surface area (Å²) in [4.78, 5) is 14.5. The first kappa shape index (κ1) is 17.7. The number of benzene rings is 1. The van der Waals surface area contributed by atoms with Crippen molar-refractivity contribution in [1.29, 1.82) is 0 Å². The first-order valence-corrected chi connectivity index (χ1v) is 9.06. The minimum absolute atomic E-state index is 0.371. The number of pyridine rings is 1. The summed E-state index contributed by atoms with van der Waals surface area (Å²) in [5.41, 5.74) is 8.81. The van der Waals surface area contributed by atoms with Crippen LogP contribution in [-0.2, 0) is 6.54 Å². The number of halogens is 2. The van der Waals surface area contributed by atoms with Gasteiger partial charge in [-0.2, -0.15) is 0 Å². The Bertz CT molecular complexity index is 1010. The Labute approximate surface area is 161 Å². The van der Waals surface area contributed by atoms with E-state index in [2.05, 4.69) is 9.83 Å². The van der Waals surface area contributed by atoms with Gasteiger partial charge in [0.05, 0.1) is 35.4 Å². The lowest BCUT2D eigenvalue weighted by Crippen LogP contribution is -2.50. The summed E-state index contributed by atoms with van der Waals surface area (Å²) in [5.74, 6) is 0.705. The van der Waals surface area contributed by atoms with E-state index in [1.165, 1.54) is 0 Å². The summed E-state index contributed by atoms with van der Waals surface area (Å²) in [5, 5.41) is 0.563. The number of fused-ring (bicyclic) bond motifs is 1. The molecule has 8 heteroatoms. The number of nitrogens with zero attached hydrogens (tertiary/aromatic N) is 5. The lowest BCUT2D eigenvalue weighted by atomic mass is 10.1. The highest BCUT2D eigenvalue weighted by atomic mass is 35.5. The first-order valence-electron chi connectivity index (χ1n) is 8.68. The van der Waals surface area contributed by atoms with E-state index in [0.29, 0.717) is 48.2 Å². The maximum absolute atomic E-state index is 13.8. The lowest BCUT2D eigenvalue weighted by molar-refractivity contribution is 0.243. The zero-order valence-electron chi connectivity index (χ0n) is 14.5. The van der Waals surface area contributed by atoms with Gasteiger partial charge in [-0.1, -0.05) is 23.7 Å². The van der Waals surface area contributed by atoms with Crippen LogP contribution in [0.2, 0.25) is 5.02 Å². The summed E-state index contributed by atoms with van der Waals surface area (Å²) in [6.07, 6.45) is 0.930. The summed E-state index contributed by atoms with van der Waals surface area (Å²) >= 11 is 6.35. The van der Waals surface area contributed by atoms with Gasteiger partial charge in [0.15, 0.2) is 0 Å². The van der Waals surface area contributed by atoms with Crippen molar-refractivity contribution in [3.8, 4) is 0 Å². The van der Waals surface area contributed by atoms with Gasteiger partial charge in [0.1, 0.15) is 11.7 Å². The molecule has 3 aromatic rings. The van der Waals surface area contributed by atoms with Crippen molar-refractivity contribution in [3.05, 3.63) is 58.7 Å². The van der Waals surface area contributed by atoms with Crippen LogP contribution in [0.3, 0.4) is 0 Å². The predicted molar refractivity (Wildman–Crippen MR) is 104 cm³/mol. The summed E-state index contributed by atoms with van der Waals surface area (Å²) < 4.78 is 15.8. The molecule has 2 N–H and O–H groups in total. The maximum atomic E-state index is 13.8. The fourth-order valence-electron chi connectivity index (χ4n) is 3.37. The molecule has 1 aliphatic heterocycles. The van der Waals surface area contributed by atoms with Gasteiger partial charge in [0.25, 0.3) is 0 Å². The maximum Gasteiger partial charge on any atom is 0.207 e. The van der Waals surface area contributed by atoms with E-state index >= 15 is 0 Å². The van der Waals surface area contributed by atoms with Gasteiger partial charge in [-0.15, -0.1) is 0 Å². The van der Waals surface area contributed by atoms with Crippen LogP contribution in [-0.4, -0.2) is 39.8 Å². The van der Waals surface area contributed by atoms with E-state index in [4.69, 9.17) is 28.9 Å². The first-order chi connectivity index (χ1) is 13.1. The molecule has 1 fully saturated rings. The minimum atomic E-state index is -0.995. The Morgan fingerprint density at radius 3 is 2.89 bits per heavy atom. The molecule has 1 aromatic carbocycles. The molecule has 4 rings (SSSR count). The van der Waals surface area contributed by atoms with Gasteiger partial charge in [0, 0.05) is 19.3 Å². The van der Waals surface area contributed by atoms with Crippen molar-refractivity contribution >= 4 is 34.3 Å². The van der Waals surface area contributed by atoms with E-state index in [9.17, 15) is 4.39 Å². The van der Waals surface area contributed by atoms with Gasteiger partial charge in [0.2, 0.25) is 11.6 Å². The second kappa shape index (κ2) is 7.14. The third-order valence-corrected chi connectivity index (χ3v) is 5.13. The highest BCUT2D eigenvalue weighted by Gasteiger charge is 2.29. The third kappa shape index (κ3) is 3.34. The molecule has 27 heavy (non-hydrogen) atoms. The van der Waals surface area contributed by atoms with Crippen LogP contribution in [0.4, 0.5) is 16.0 Å². The zero-order chi connectivity index (χ0) is 19.0.